The third-order valence-electron chi connectivity index (χ3n) is 3.16. The number of thiophene rings is 2. The number of hydrogen-bond acceptors (Lipinski definition) is 4. The largest absolute Gasteiger partial charge is 0.244 e. The topological polar surface area (TPSA) is 25.8 Å². The van der Waals surface area contributed by atoms with E-state index in [1.807, 2.05) is 24.3 Å². The molecule has 96 valence electrons. The number of hydrogen-bond donors (Lipinski definition) is 0. The molecule has 0 bridgehead atoms. The minimum absolute atomic E-state index is 0.938. The summed E-state index contributed by atoms with van der Waals surface area (Å²) in [5, 5.41) is 8.39. The smallest absolute Gasteiger partial charge is 0.0981 e. The number of para-hydroxylation sites is 2. The molecule has 0 fully saturated rings. The number of nitrogens with zero attached hydrogens (tertiary/aromatic N) is 2. The summed E-state index contributed by atoms with van der Waals surface area (Å²) in [6.45, 7) is 0. The normalized spacial score (nSPS) is 11.0. The van der Waals surface area contributed by atoms with Crippen molar-refractivity contribution in [1.29, 1.82) is 0 Å². The Hall–Kier alpha value is -2.04. The molecule has 3 aromatic heterocycles. The van der Waals surface area contributed by atoms with Crippen molar-refractivity contribution in [3.63, 3.8) is 0 Å². The van der Waals surface area contributed by atoms with Gasteiger partial charge in [-0.15, -0.1) is 0 Å². The van der Waals surface area contributed by atoms with Gasteiger partial charge in [0.15, 0.2) is 0 Å². The molecular weight excluding hydrogens is 284 g/mol. The number of rotatable bonds is 2. The van der Waals surface area contributed by atoms with Crippen LogP contribution in [0.3, 0.4) is 0 Å². The van der Waals surface area contributed by atoms with Crippen LogP contribution in [0.5, 0.6) is 0 Å². The zero-order valence-electron chi connectivity index (χ0n) is 10.5. The number of aromatic nitrogens is 2. The molecule has 0 spiro atoms. The van der Waals surface area contributed by atoms with E-state index < -0.39 is 0 Å². The quantitative estimate of drug-likeness (QED) is 0.515. The van der Waals surface area contributed by atoms with Crippen LogP contribution in [0, 0.1) is 0 Å². The zero-order chi connectivity index (χ0) is 13.4. The molecule has 0 N–H and O–H groups in total. The van der Waals surface area contributed by atoms with E-state index in [1.54, 1.807) is 22.7 Å². The maximum Gasteiger partial charge on any atom is 0.0981 e. The van der Waals surface area contributed by atoms with Gasteiger partial charge in [-0.2, -0.15) is 22.7 Å². The summed E-state index contributed by atoms with van der Waals surface area (Å²) in [6, 6.07) is 12.2. The third-order valence-corrected chi connectivity index (χ3v) is 4.53. The molecule has 1 aromatic carbocycles. The summed E-state index contributed by atoms with van der Waals surface area (Å²) in [4.78, 5) is 9.64. The Morgan fingerprint density at radius 1 is 0.650 bits per heavy atom. The summed E-state index contributed by atoms with van der Waals surface area (Å²) in [7, 11) is 0. The van der Waals surface area contributed by atoms with Gasteiger partial charge in [0.25, 0.3) is 0 Å². The molecule has 0 unspecified atom stereocenters. The molecule has 0 atom stereocenters. The molecule has 0 saturated heterocycles. The zero-order valence-corrected chi connectivity index (χ0v) is 12.1. The summed E-state index contributed by atoms with van der Waals surface area (Å²) in [6.07, 6.45) is 0. The van der Waals surface area contributed by atoms with E-state index in [4.69, 9.17) is 9.97 Å². The Kier molecular flexibility index (Phi) is 2.83. The molecule has 0 radical (unpaired) electrons. The van der Waals surface area contributed by atoms with E-state index in [0.29, 0.717) is 0 Å². The Morgan fingerprint density at radius 2 is 1.15 bits per heavy atom. The van der Waals surface area contributed by atoms with E-state index in [-0.39, 0.29) is 0 Å². The van der Waals surface area contributed by atoms with Gasteiger partial charge in [-0.1, -0.05) is 12.1 Å². The van der Waals surface area contributed by atoms with Crippen molar-refractivity contribution in [2.75, 3.05) is 0 Å². The van der Waals surface area contributed by atoms with E-state index in [2.05, 4.69) is 33.7 Å². The van der Waals surface area contributed by atoms with Gasteiger partial charge >= 0.3 is 0 Å². The second-order valence-electron chi connectivity index (χ2n) is 4.43. The molecule has 0 saturated carbocycles. The van der Waals surface area contributed by atoms with Gasteiger partial charge in [-0.25, -0.2) is 9.97 Å². The van der Waals surface area contributed by atoms with Gasteiger partial charge < -0.3 is 0 Å². The van der Waals surface area contributed by atoms with Crippen LogP contribution in [-0.4, -0.2) is 9.97 Å². The monoisotopic (exact) mass is 294 g/mol. The second kappa shape index (κ2) is 4.81. The fourth-order valence-corrected chi connectivity index (χ4v) is 3.48. The summed E-state index contributed by atoms with van der Waals surface area (Å²) >= 11 is 3.36. The van der Waals surface area contributed by atoms with Crippen LogP contribution in [0.4, 0.5) is 0 Å². The Labute approximate surface area is 124 Å². The molecule has 4 rings (SSSR count). The van der Waals surface area contributed by atoms with Gasteiger partial charge in [-0.3, -0.25) is 0 Å². The fraction of sp³-hybridized carbons (Fsp3) is 0. The molecule has 2 nitrogen and oxygen atoms in total. The molecule has 3 heterocycles. The van der Waals surface area contributed by atoms with Crippen molar-refractivity contribution < 1.29 is 0 Å². The maximum atomic E-state index is 4.82. The van der Waals surface area contributed by atoms with Gasteiger partial charge in [0.2, 0.25) is 0 Å². The van der Waals surface area contributed by atoms with Gasteiger partial charge in [-0.05, 0) is 35.0 Å². The summed E-state index contributed by atoms with van der Waals surface area (Å²) in [5.74, 6) is 0. The first kappa shape index (κ1) is 11.8. The highest BCUT2D eigenvalue weighted by molar-refractivity contribution is 7.08. The lowest BCUT2D eigenvalue weighted by Crippen LogP contribution is -1.93. The van der Waals surface area contributed by atoms with Crippen molar-refractivity contribution in [1.82, 2.24) is 9.97 Å². The minimum atomic E-state index is 0.938. The minimum Gasteiger partial charge on any atom is -0.244 e. The lowest BCUT2D eigenvalue weighted by molar-refractivity contribution is 1.30. The van der Waals surface area contributed by atoms with E-state index >= 15 is 0 Å². The molecule has 0 aliphatic carbocycles. The first-order valence-corrected chi connectivity index (χ1v) is 8.12. The number of benzene rings is 1. The molecule has 0 aliphatic rings. The van der Waals surface area contributed by atoms with Crippen LogP contribution in [0.15, 0.2) is 57.9 Å². The molecule has 0 aliphatic heterocycles. The van der Waals surface area contributed by atoms with E-state index in [9.17, 15) is 0 Å². The third kappa shape index (κ3) is 1.94. The van der Waals surface area contributed by atoms with Crippen molar-refractivity contribution in [3.8, 4) is 22.5 Å². The highest BCUT2D eigenvalue weighted by atomic mass is 32.1. The Morgan fingerprint density at radius 3 is 1.55 bits per heavy atom. The predicted octanol–water partition coefficient (Wildman–Crippen LogP) is 5.09. The summed E-state index contributed by atoms with van der Waals surface area (Å²) in [5.41, 5.74) is 6.07. The Balaban J connectivity index is 2.06. The number of fused-ring (bicyclic) bond motifs is 1. The average Bonchev–Trinajstić information content (AvgIpc) is 3.19. The van der Waals surface area contributed by atoms with Crippen molar-refractivity contribution in [3.05, 3.63) is 57.9 Å². The van der Waals surface area contributed by atoms with Crippen LogP contribution in [0.1, 0.15) is 0 Å². The van der Waals surface area contributed by atoms with Crippen LogP contribution in [-0.2, 0) is 0 Å². The lowest BCUT2D eigenvalue weighted by Gasteiger charge is -2.07. The highest BCUT2D eigenvalue weighted by Crippen LogP contribution is 2.32. The van der Waals surface area contributed by atoms with Gasteiger partial charge in [0.1, 0.15) is 0 Å². The van der Waals surface area contributed by atoms with Crippen molar-refractivity contribution in [2.45, 2.75) is 0 Å². The SMILES string of the molecule is c1ccc2nc(-c3ccsc3)c(-c3ccsc3)nc2c1. The van der Waals surface area contributed by atoms with Crippen LogP contribution in [0.2, 0.25) is 0 Å². The second-order valence-corrected chi connectivity index (χ2v) is 5.99. The molecule has 4 heteroatoms. The van der Waals surface area contributed by atoms with E-state index in [0.717, 1.165) is 33.5 Å². The molecule has 0 amide bonds. The van der Waals surface area contributed by atoms with Gasteiger partial charge in [0, 0.05) is 21.9 Å². The molecule has 20 heavy (non-hydrogen) atoms. The predicted molar refractivity (Wildman–Crippen MR) is 86.2 cm³/mol. The summed E-state index contributed by atoms with van der Waals surface area (Å²) < 4.78 is 0. The first-order chi connectivity index (χ1) is 9.92. The lowest BCUT2D eigenvalue weighted by atomic mass is 10.1. The average molecular weight is 294 g/mol. The van der Waals surface area contributed by atoms with E-state index in [1.165, 1.54) is 0 Å². The maximum absolute atomic E-state index is 4.82. The van der Waals surface area contributed by atoms with Crippen molar-refractivity contribution in [2.24, 2.45) is 0 Å². The standard InChI is InChI=1S/C16H10N2S2/c1-2-4-14-13(3-1)17-15(11-5-7-19-9-11)16(18-14)12-6-8-20-10-12/h1-10H. The molecular formula is C16H10N2S2. The van der Waals surface area contributed by atoms with Gasteiger partial charge in [0.05, 0.1) is 22.4 Å². The van der Waals surface area contributed by atoms with Crippen molar-refractivity contribution >= 4 is 33.7 Å². The molecule has 4 aromatic rings. The van der Waals surface area contributed by atoms with Crippen LogP contribution < -0.4 is 0 Å². The van der Waals surface area contributed by atoms with Crippen LogP contribution >= 0.6 is 22.7 Å². The van der Waals surface area contributed by atoms with Crippen LogP contribution in [0.25, 0.3) is 33.5 Å². The Bertz CT molecular complexity index is 777. The first-order valence-electron chi connectivity index (χ1n) is 6.24. The highest BCUT2D eigenvalue weighted by Gasteiger charge is 2.13. The fourth-order valence-electron chi connectivity index (χ4n) is 2.20.